The Labute approximate surface area is 99.7 Å². The molecule has 2 aromatic rings. The van der Waals surface area contributed by atoms with E-state index in [1.165, 1.54) is 12.1 Å². The summed E-state index contributed by atoms with van der Waals surface area (Å²) in [6.45, 7) is 1.94. The van der Waals surface area contributed by atoms with Crippen molar-refractivity contribution in [3.05, 3.63) is 59.9 Å². The first-order valence-corrected chi connectivity index (χ1v) is 5.60. The Hall–Kier alpha value is -1.34. The van der Waals surface area contributed by atoms with Crippen molar-refractivity contribution in [1.82, 2.24) is 0 Å². The lowest BCUT2D eigenvalue weighted by molar-refractivity contribution is 0.628. The molecule has 0 heterocycles. The van der Waals surface area contributed by atoms with Crippen molar-refractivity contribution in [3.8, 4) is 11.1 Å². The Morgan fingerprint density at radius 2 is 1.31 bits per heavy atom. The van der Waals surface area contributed by atoms with Crippen molar-refractivity contribution in [3.63, 3.8) is 0 Å². The number of rotatable bonds is 2. The van der Waals surface area contributed by atoms with Gasteiger partial charge in [0.25, 0.3) is 0 Å². The van der Waals surface area contributed by atoms with Crippen LogP contribution in [-0.2, 0) is 0 Å². The maximum absolute atomic E-state index is 12.8. The van der Waals surface area contributed by atoms with Crippen LogP contribution in [0.4, 0.5) is 4.39 Å². The molecule has 0 fully saturated rings. The van der Waals surface area contributed by atoms with Gasteiger partial charge in [0.1, 0.15) is 5.82 Å². The van der Waals surface area contributed by atoms with Crippen molar-refractivity contribution in [2.45, 2.75) is 12.3 Å². The molecule has 2 heteroatoms. The van der Waals surface area contributed by atoms with E-state index in [4.69, 9.17) is 11.6 Å². The Kier molecular flexibility index (Phi) is 3.25. The van der Waals surface area contributed by atoms with Gasteiger partial charge < -0.3 is 0 Å². The minimum atomic E-state index is -0.213. The quantitative estimate of drug-likeness (QED) is 0.656. The van der Waals surface area contributed by atoms with Gasteiger partial charge in [-0.2, -0.15) is 0 Å². The zero-order chi connectivity index (χ0) is 11.5. The van der Waals surface area contributed by atoms with Crippen LogP contribution in [0, 0.1) is 5.82 Å². The molecule has 0 aliphatic heterocycles. The molecule has 0 amide bonds. The van der Waals surface area contributed by atoms with Gasteiger partial charge in [0.05, 0.1) is 5.38 Å². The van der Waals surface area contributed by atoms with Crippen LogP contribution in [0.5, 0.6) is 0 Å². The number of benzene rings is 2. The minimum Gasteiger partial charge on any atom is -0.207 e. The van der Waals surface area contributed by atoms with Crippen molar-refractivity contribution in [2.75, 3.05) is 0 Å². The number of hydrogen-bond acceptors (Lipinski definition) is 0. The van der Waals surface area contributed by atoms with E-state index in [1.54, 1.807) is 12.1 Å². The third kappa shape index (κ3) is 2.42. The average Bonchev–Trinajstić information content (AvgIpc) is 2.30. The Bertz CT molecular complexity index is 457. The van der Waals surface area contributed by atoms with E-state index < -0.39 is 0 Å². The molecule has 0 aliphatic carbocycles. The second-order valence-corrected chi connectivity index (χ2v) is 4.40. The molecule has 0 aliphatic rings. The van der Waals surface area contributed by atoms with Crippen LogP contribution in [0.25, 0.3) is 11.1 Å². The van der Waals surface area contributed by atoms with Crippen molar-refractivity contribution in [2.24, 2.45) is 0 Å². The lowest BCUT2D eigenvalue weighted by Crippen LogP contribution is -1.84. The van der Waals surface area contributed by atoms with Gasteiger partial charge in [-0.25, -0.2) is 4.39 Å². The van der Waals surface area contributed by atoms with E-state index >= 15 is 0 Å². The summed E-state index contributed by atoms with van der Waals surface area (Å²) >= 11 is 5.97. The van der Waals surface area contributed by atoms with E-state index in [0.717, 1.165) is 16.7 Å². The van der Waals surface area contributed by atoms with E-state index in [9.17, 15) is 4.39 Å². The predicted molar refractivity (Wildman–Crippen MR) is 66.1 cm³/mol. The minimum absolute atomic E-state index is 0.0160. The zero-order valence-corrected chi connectivity index (χ0v) is 9.71. The summed E-state index contributed by atoms with van der Waals surface area (Å²) < 4.78 is 12.8. The van der Waals surface area contributed by atoms with E-state index in [1.807, 2.05) is 31.2 Å². The number of halogens is 2. The maximum atomic E-state index is 12.8. The van der Waals surface area contributed by atoms with Gasteiger partial charge >= 0.3 is 0 Å². The summed E-state index contributed by atoms with van der Waals surface area (Å²) in [7, 11) is 0. The van der Waals surface area contributed by atoms with E-state index in [-0.39, 0.29) is 11.2 Å². The summed E-state index contributed by atoms with van der Waals surface area (Å²) in [5, 5.41) is 0.0160. The van der Waals surface area contributed by atoms with Gasteiger partial charge in [-0.3, -0.25) is 0 Å². The fourth-order valence-corrected chi connectivity index (χ4v) is 1.73. The predicted octanol–water partition coefficient (Wildman–Crippen LogP) is 4.79. The van der Waals surface area contributed by atoms with E-state index in [2.05, 4.69) is 0 Å². The van der Waals surface area contributed by atoms with Gasteiger partial charge in [-0.05, 0) is 35.7 Å². The second-order valence-electron chi connectivity index (χ2n) is 3.74. The van der Waals surface area contributed by atoms with Crippen LogP contribution in [0.15, 0.2) is 48.5 Å². The summed E-state index contributed by atoms with van der Waals surface area (Å²) in [6.07, 6.45) is 0. The monoisotopic (exact) mass is 234 g/mol. The Morgan fingerprint density at radius 3 is 1.75 bits per heavy atom. The van der Waals surface area contributed by atoms with Crippen LogP contribution in [0.2, 0.25) is 0 Å². The molecule has 2 rings (SSSR count). The van der Waals surface area contributed by atoms with Crippen LogP contribution < -0.4 is 0 Å². The van der Waals surface area contributed by atoms with Crippen LogP contribution in [0.1, 0.15) is 17.9 Å². The third-order valence-corrected chi connectivity index (χ3v) is 2.80. The molecular formula is C14H12ClF. The first-order chi connectivity index (χ1) is 7.66. The summed E-state index contributed by atoms with van der Waals surface area (Å²) in [4.78, 5) is 0. The molecular weight excluding hydrogens is 223 g/mol. The molecule has 0 spiro atoms. The number of hydrogen-bond donors (Lipinski definition) is 0. The molecule has 1 atom stereocenters. The Balaban J connectivity index is 2.31. The molecule has 82 valence electrons. The van der Waals surface area contributed by atoms with Crippen molar-refractivity contribution < 1.29 is 4.39 Å². The topological polar surface area (TPSA) is 0 Å². The third-order valence-electron chi connectivity index (χ3n) is 2.55. The average molecular weight is 235 g/mol. The molecule has 0 aromatic heterocycles. The van der Waals surface area contributed by atoms with Crippen molar-refractivity contribution in [1.29, 1.82) is 0 Å². The fraction of sp³-hybridized carbons (Fsp3) is 0.143. The lowest BCUT2D eigenvalue weighted by atomic mass is 10.0. The second kappa shape index (κ2) is 4.67. The highest BCUT2D eigenvalue weighted by molar-refractivity contribution is 6.20. The summed E-state index contributed by atoms with van der Waals surface area (Å²) in [5.74, 6) is -0.213. The molecule has 0 nitrogen and oxygen atoms in total. The number of alkyl halides is 1. The van der Waals surface area contributed by atoms with E-state index in [0.29, 0.717) is 0 Å². The first kappa shape index (κ1) is 11.2. The fourth-order valence-electron chi connectivity index (χ4n) is 1.58. The van der Waals surface area contributed by atoms with Crippen LogP contribution in [-0.4, -0.2) is 0 Å². The standard InChI is InChI=1S/C14H12ClF/c1-10(15)11-2-4-12(5-3-11)13-6-8-14(16)9-7-13/h2-10H,1H3. The molecule has 0 saturated heterocycles. The zero-order valence-electron chi connectivity index (χ0n) is 8.95. The first-order valence-electron chi connectivity index (χ1n) is 5.17. The summed E-state index contributed by atoms with van der Waals surface area (Å²) in [5.41, 5.74) is 3.17. The lowest BCUT2D eigenvalue weighted by Gasteiger charge is -2.05. The molecule has 2 aromatic carbocycles. The van der Waals surface area contributed by atoms with Crippen LogP contribution in [0.3, 0.4) is 0 Å². The molecule has 0 N–H and O–H groups in total. The Morgan fingerprint density at radius 1 is 0.875 bits per heavy atom. The maximum Gasteiger partial charge on any atom is 0.123 e. The molecule has 0 radical (unpaired) electrons. The van der Waals surface area contributed by atoms with Crippen molar-refractivity contribution >= 4 is 11.6 Å². The molecule has 1 unspecified atom stereocenters. The van der Waals surface area contributed by atoms with Gasteiger partial charge in [0, 0.05) is 0 Å². The highest BCUT2D eigenvalue weighted by Crippen LogP contribution is 2.24. The largest absolute Gasteiger partial charge is 0.207 e. The van der Waals surface area contributed by atoms with Gasteiger partial charge in [0.2, 0.25) is 0 Å². The molecule has 16 heavy (non-hydrogen) atoms. The summed E-state index contributed by atoms with van der Waals surface area (Å²) in [6, 6.07) is 14.5. The molecule has 0 bridgehead atoms. The SMILES string of the molecule is CC(Cl)c1ccc(-c2ccc(F)cc2)cc1. The van der Waals surface area contributed by atoms with Gasteiger partial charge in [0.15, 0.2) is 0 Å². The van der Waals surface area contributed by atoms with Crippen LogP contribution >= 0.6 is 11.6 Å². The normalized spacial score (nSPS) is 12.4. The van der Waals surface area contributed by atoms with Gasteiger partial charge in [-0.15, -0.1) is 11.6 Å². The van der Waals surface area contributed by atoms with Gasteiger partial charge in [-0.1, -0.05) is 36.4 Å². The smallest absolute Gasteiger partial charge is 0.123 e. The highest BCUT2D eigenvalue weighted by atomic mass is 35.5. The molecule has 0 saturated carbocycles. The highest BCUT2D eigenvalue weighted by Gasteiger charge is 2.02.